The van der Waals surface area contributed by atoms with E-state index in [9.17, 15) is 25.9 Å². The van der Waals surface area contributed by atoms with Gasteiger partial charge in [-0.3, -0.25) is 9.97 Å². The van der Waals surface area contributed by atoms with Gasteiger partial charge >= 0.3 is 0 Å². The molecule has 0 aliphatic carbocycles. The summed E-state index contributed by atoms with van der Waals surface area (Å²) in [4.78, 5) is 8.63. The van der Waals surface area contributed by atoms with Gasteiger partial charge in [-0.15, -0.1) is 0 Å². The predicted octanol–water partition coefficient (Wildman–Crippen LogP) is 4.54. The summed E-state index contributed by atoms with van der Waals surface area (Å²) in [5, 5.41) is 1.14. The Kier molecular flexibility index (Phi) is 5.64. The Hall–Kier alpha value is -3.70. The highest BCUT2D eigenvalue weighted by molar-refractivity contribution is 7.86. The second-order valence-corrected chi connectivity index (χ2v) is 11.1. The van der Waals surface area contributed by atoms with E-state index in [0.717, 1.165) is 0 Å². The van der Waals surface area contributed by atoms with E-state index >= 15 is 0 Å². The zero-order valence-electron chi connectivity index (χ0n) is 19.1. The van der Waals surface area contributed by atoms with Gasteiger partial charge in [-0.05, 0) is 60.4 Å². The minimum absolute atomic E-state index is 0.248. The number of benzene rings is 3. The van der Waals surface area contributed by atoms with Gasteiger partial charge in [0.25, 0.3) is 0 Å². The Morgan fingerprint density at radius 3 is 1.28 bits per heavy atom. The van der Waals surface area contributed by atoms with Crippen molar-refractivity contribution in [1.82, 2.24) is 9.97 Å². The minimum Gasteiger partial charge on any atom is -0.744 e. The zero-order valence-corrected chi connectivity index (χ0v) is 20.7. The Balaban J connectivity index is 1.90. The molecule has 36 heavy (non-hydrogen) atoms. The summed E-state index contributed by atoms with van der Waals surface area (Å²) in [6.45, 7) is 3.48. The highest BCUT2D eigenvalue weighted by atomic mass is 32.2. The fourth-order valence-corrected chi connectivity index (χ4v) is 5.88. The molecule has 0 atom stereocenters. The summed E-state index contributed by atoms with van der Waals surface area (Å²) in [6.07, 6.45) is 0. The standard InChI is InChI=1S/C26H20N2O6S2/c1-15-13-21(17-7-3-5-9-23(17)35(29,30)31)19-11-12-20-22(14-16(2)28-26(20)25(19)27-15)18-8-4-6-10-24(18)36(32,33)34/h3-14H,1-2H3,(H,29,30,31)(H,32,33,34)/p-2. The van der Waals surface area contributed by atoms with Crippen molar-refractivity contribution in [2.24, 2.45) is 0 Å². The monoisotopic (exact) mass is 518 g/mol. The molecule has 0 amide bonds. The highest BCUT2D eigenvalue weighted by Crippen LogP contribution is 2.39. The molecule has 0 aliphatic rings. The summed E-state index contributed by atoms with van der Waals surface area (Å²) in [6, 6.07) is 18.8. The molecule has 0 saturated carbocycles. The third-order valence-corrected chi connectivity index (χ3v) is 7.70. The number of hydrogen-bond donors (Lipinski definition) is 0. The molecule has 2 heterocycles. The highest BCUT2D eigenvalue weighted by Gasteiger charge is 2.19. The molecule has 5 aromatic rings. The third-order valence-electron chi connectivity index (χ3n) is 5.91. The molecule has 0 N–H and O–H groups in total. The molecular formula is C26H18N2O6S2-2. The molecule has 0 saturated heterocycles. The van der Waals surface area contributed by atoms with Crippen molar-refractivity contribution in [2.45, 2.75) is 23.6 Å². The lowest BCUT2D eigenvalue weighted by Gasteiger charge is -2.18. The third kappa shape index (κ3) is 4.14. The quantitative estimate of drug-likeness (QED) is 0.249. The van der Waals surface area contributed by atoms with Crippen LogP contribution in [-0.2, 0) is 20.2 Å². The number of aryl methyl sites for hydroxylation is 2. The van der Waals surface area contributed by atoms with Crippen LogP contribution < -0.4 is 0 Å². The molecule has 8 nitrogen and oxygen atoms in total. The molecule has 0 aliphatic heterocycles. The second kappa shape index (κ2) is 8.45. The Bertz CT molecular complexity index is 1780. The van der Waals surface area contributed by atoms with Crippen LogP contribution >= 0.6 is 0 Å². The SMILES string of the molecule is Cc1cc(-c2ccccc2S(=O)(=O)[O-])c2ccc3c(-c4ccccc4S(=O)(=O)[O-])cc(C)nc3c2n1. The molecule has 5 rings (SSSR count). The average molecular weight is 519 g/mol. The first-order chi connectivity index (χ1) is 16.9. The largest absolute Gasteiger partial charge is 0.744 e. The van der Waals surface area contributed by atoms with Crippen molar-refractivity contribution in [2.75, 3.05) is 0 Å². The first-order valence-corrected chi connectivity index (χ1v) is 13.6. The van der Waals surface area contributed by atoms with E-state index in [4.69, 9.17) is 0 Å². The van der Waals surface area contributed by atoms with Crippen molar-refractivity contribution in [3.63, 3.8) is 0 Å². The minimum atomic E-state index is -4.75. The number of fused-ring (bicyclic) bond motifs is 3. The summed E-state index contributed by atoms with van der Waals surface area (Å²) < 4.78 is 71.8. The van der Waals surface area contributed by atoms with Gasteiger partial charge in [0.1, 0.15) is 20.2 Å². The van der Waals surface area contributed by atoms with Crippen LogP contribution in [0.25, 0.3) is 44.1 Å². The Labute approximate surface area is 207 Å². The molecule has 0 radical (unpaired) electrons. The van der Waals surface area contributed by atoms with Crippen LogP contribution in [0.2, 0.25) is 0 Å². The van der Waals surface area contributed by atoms with Gasteiger partial charge in [-0.1, -0.05) is 48.5 Å². The smallest absolute Gasteiger partial charge is 0.125 e. The average Bonchev–Trinajstić information content (AvgIpc) is 2.82. The van der Waals surface area contributed by atoms with E-state index in [1.54, 1.807) is 62.4 Å². The molecule has 2 aromatic heterocycles. The van der Waals surface area contributed by atoms with Gasteiger partial charge in [0.05, 0.1) is 20.8 Å². The second-order valence-electron chi connectivity index (χ2n) is 8.38. The van der Waals surface area contributed by atoms with Gasteiger partial charge in [0.15, 0.2) is 0 Å². The van der Waals surface area contributed by atoms with Crippen LogP contribution in [-0.4, -0.2) is 35.9 Å². The van der Waals surface area contributed by atoms with Crippen molar-refractivity contribution in [3.8, 4) is 22.3 Å². The summed E-state index contributed by atoms with van der Waals surface area (Å²) in [5.74, 6) is 0. The molecule has 0 bridgehead atoms. The van der Waals surface area contributed by atoms with Crippen LogP contribution in [0.3, 0.4) is 0 Å². The Morgan fingerprint density at radius 2 is 0.917 bits per heavy atom. The van der Waals surface area contributed by atoms with E-state index in [1.807, 2.05) is 0 Å². The molecule has 0 unspecified atom stereocenters. The first-order valence-electron chi connectivity index (χ1n) is 10.8. The van der Waals surface area contributed by atoms with Gasteiger partial charge in [0, 0.05) is 22.2 Å². The maximum absolute atomic E-state index is 12.0. The number of nitrogens with zero attached hydrogens (tertiary/aromatic N) is 2. The van der Waals surface area contributed by atoms with E-state index in [0.29, 0.717) is 44.3 Å². The van der Waals surface area contributed by atoms with Crippen LogP contribution in [0.1, 0.15) is 11.4 Å². The van der Waals surface area contributed by atoms with E-state index in [-0.39, 0.29) is 20.9 Å². The first kappa shape index (κ1) is 24.0. The number of hydrogen-bond acceptors (Lipinski definition) is 8. The van der Waals surface area contributed by atoms with Crippen LogP contribution in [0.5, 0.6) is 0 Å². The van der Waals surface area contributed by atoms with Crippen molar-refractivity contribution >= 4 is 42.0 Å². The lowest BCUT2D eigenvalue weighted by Crippen LogP contribution is -2.03. The van der Waals surface area contributed by atoms with Gasteiger partial charge < -0.3 is 9.11 Å². The van der Waals surface area contributed by atoms with Gasteiger partial charge in [-0.25, -0.2) is 16.8 Å². The number of rotatable bonds is 4. The lowest BCUT2D eigenvalue weighted by molar-refractivity contribution is 0.461. The van der Waals surface area contributed by atoms with Crippen molar-refractivity contribution in [1.29, 1.82) is 0 Å². The molecule has 0 fully saturated rings. The Morgan fingerprint density at radius 1 is 0.556 bits per heavy atom. The van der Waals surface area contributed by atoms with Crippen molar-refractivity contribution < 1.29 is 25.9 Å². The van der Waals surface area contributed by atoms with Crippen molar-refractivity contribution in [3.05, 3.63) is 84.2 Å². The maximum atomic E-state index is 12.0. The van der Waals surface area contributed by atoms with Gasteiger partial charge in [0.2, 0.25) is 0 Å². The molecule has 0 spiro atoms. The summed E-state index contributed by atoms with van der Waals surface area (Å²) in [7, 11) is -9.49. The van der Waals surface area contributed by atoms with Crippen LogP contribution in [0, 0.1) is 13.8 Å². The topological polar surface area (TPSA) is 140 Å². The maximum Gasteiger partial charge on any atom is 0.125 e. The molecular weight excluding hydrogens is 500 g/mol. The molecule has 10 heteroatoms. The zero-order chi connectivity index (χ0) is 25.8. The lowest BCUT2D eigenvalue weighted by atomic mass is 9.95. The van der Waals surface area contributed by atoms with E-state index < -0.39 is 20.2 Å². The van der Waals surface area contributed by atoms with Gasteiger partial charge in [-0.2, -0.15) is 0 Å². The molecule has 3 aromatic carbocycles. The van der Waals surface area contributed by atoms with E-state index in [2.05, 4.69) is 9.97 Å². The summed E-state index contributed by atoms with van der Waals surface area (Å²) >= 11 is 0. The summed E-state index contributed by atoms with van der Waals surface area (Å²) in [5.41, 5.74) is 3.53. The predicted molar refractivity (Wildman–Crippen MR) is 133 cm³/mol. The fraction of sp³-hybridized carbons (Fsp3) is 0.0769. The fourth-order valence-electron chi connectivity index (χ4n) is 4.49. The van der Waals surface area contributed by atoms with Crippen LogP contribution in [0.4, 0.5) is 0 Å². The van der Waals surface area contributed by atoms with Crippen LogP contribution in [0.15, 0.2) is 82.6 Å². The number of aromatic nitrogens is 2. The number of pyridine rings is 2. The molecule has 182 valence electrons. The normalized spacial score (nSPS) is 12.3. The van der Waals surface area contributed by atoms with E-state index in [1.165, 1.54) is 24.3 Å².